The Balaban J connectivity index is 0.000000116. The van der Waals surface area contributed by atoms with E-state index in [0.29, 0.717) is 49.8 Å². The first kappa shape index (κ1) is 81.5. The van der Waals surface area contributed by atoms with Crippen molar-refractivity contribution in [3.63, 3.8) is 0 Å². The van der Waals surface area contributed by atoms with Crippen LogP contribution in [0.2, 0.25) is 0 Å². The van der Waals surface area contributed by atoms with Crippen LogP contribution in [0.4, 0.5) is 32.6 Å². The van der Waals surface area contributed by atoms with Crippen LogP contribution in [0.15, 0.2) is 147 Å². The number of pyridine rings is 7. The molecule has 4 aliphatic rings. The largest absolute Gasteiger partial charge is 0.340 e. The number of carbonyl (C=O) groups is 4. The third-order valence-corrected chi connectivity index (χ3v) is 23.4. The van der Waals surface area contributed by atoms with Gasteiger partial charge in [0.15, 0.2) is 45.7 Å². The number of aryl methyl sites for hydroxylation is 9. The minimum Gasteiger partial charge on any atom is -0.340 e. The van der Waals surface area contributed by atoms with Crippen LogP contribution in [-0.4, -0.2) is 193 Å². The zero-order valence-corrected chi connectivity index (χ0v) is 70.7. The van der Waals surface area contributed by atoms with Crippen molar-refractivity contribution in [2.75, 3.05) is 72.0 Å². The van der Waals surface area contributed by atoms with Gasteiger partial charge in [0.1, 0.15) is 33.5 Å². The molecule has 0 spiro atoms. The van der Waals surface area contributed by atoms with Gasteiger partial charge in [0, 0.05) is 170 Å². The second-order valence-corrected chi connectivity index (χ2v) is 32.8. The van der Waals surface area contributed by atoms with E-state index >= 15 is 0 Å². The van der Waals surface area contributed by atoms with Crippen LogP contribution in [0, 0.1) is 34.6 Å². The molecule has 0 aliphatic carbocycles. The number of carbonyl (C=O) groups excluding carboxylic acids is 4. The van der Waals surface area contributed by atoms with Crippen LogP contribution >= 0.6 is 11.3 Å². The Morgan fingerprint density at radius 1 is 0.374 bits per heavy atom. The number of halogens is 2. The Kier molecular flexibility index (Phi) is 23.2. The standard InChI is InChI=1S/C23H25N7O.2C22H23N7O.C21H21F2N7OS/c1-15-10-16(2)25-19(11-15)18-14-24-28(3)22(18)20(31)12-17-6-9-30-21(13-17)26-23(27-30)29-7-4-5-8-29;1-15-5-7-23-18(11-15)17-14-24-27(2)21(17)19(30)12-16-6-10-29-20(13-16)25-22(26-29)28-8-3-4-9-28;1-15-6-5-7-18(24-15)17-14-23-27(2)21(17)19(30)12-16-8-11-29-20(13-16)25-22(26-29)28-9-3-4-10-28;1-12-17(19(22)23)26-20(32-12)14-11-24-28(2)18(14)15(31)9-13-5-8-30-16(10-13)25-21(27-30)29-6-3-4-7-29/h6,9-11,13-14H,4-5,7-8,12H2,1-3H3;5-7,10-11,13-14H,3-4,8-9,12H2,1-2H3;5-8,11,13-14H,3-4,9-10,12H2,1-2H3;5,8,10-11,19H,3-4,6-7,9H2,1-2H3. The molecule has 16 aromatic rings. The van der Waals surface area contributed by atoms with Gasteiger partial charge in [0.25, 0.3) is 6.43 Å². The van der Waals surface area contributed by atoms with Crippen molar-refractivity contribution in [3.05, 3.63) is 225 Å². The lowest BCUT2D eigenvalue weighted by atomic mass is 10.0. The zero-order valence-electron chi connectivity index (χ0n) is 69.9. The Hall–Kier alpha value is -13.9. The van der Waals surface area contributed by atoms with E-state index in [2.05, 4.69) is 100 Å². The molecule has 4 saturated heterocycles. The van der Waals surface area contributed by atoms with Crippen molar-refractivity contribution in [2.24, 2.45) is 28.2 Å². The summed E-state index contributed by atoms with van der Waals surface area (Å²) in [7, 11) is 7.03. The first-order valence-corrected chi connectivity index (χ1v) is 42.1. The number of hydrogen-bond acceptors (Lipinski definition) is 25. The first-order chi connectivity index (χ1) is 59.5. The summed E-state index contributed by atoms with van der Waals surface area (Å²) in [5.41, 5.74) is 17.3. The average Bonchev–Trinajstić information content (AvgIpc) is 1.63. The topological polar surface area (TPSA) is 325 Å². The predicted molar refractivity (Wildman–Crippen MR) is 462 cm³/mol. The molecule has 123 heavy (non-hydrogen) atoms. The van der Waals surface area contributed by atoms with Crippen LogP contribution < -0.4 is 19.6 Å². The lowest BCUT2D eigenvalue weighted by Gasteiger charge is -2.10. The maximum atomic E-state index is 13.3. The van der Waals surface area contributed by atoms with Gasteiger partial charge in [0.2, 0.25) is 23.8 Å². The maximum absolute atomic E-state index is 13.3. The third kappa shape index (κ3) is 17.7. The summed E-state index contributed by atoms with van der Waals surface area (Å²) in [5, 5.41) is 35.7. The fourth-order valence-electron chi connectivity index (χ4n) is 16.2. The van der Waals surface area contributed by atoms with Gasteiger partial charge in [0.05, 0.1) is 47.4 Å². The molecule has 4 aliphatic heterocycles. The highest BCUT2D eigenvalue weighted by Crippen LogP contribution is 2.36. The van der Waals surface area contributed by atoms with E-state index in [1.807, 2.05) is 137 Å². The summed E-state index contributed by atoms with van der Waals surface area (Å²) < 4.78 is 39.7. The van der Waals surface area contributed by atoms with Crippen LogP contribution in [0.5, 0.6) is 0 Å². The molecule has 16 aromatic heterocycles. The van der Waals surface area contributed by atoms with Crippen molar-refractivity contribution in [3.8, 4) is 44.3 Å². The zero-order chi connectivity index (χ0) is 85.3. The number of thiazole rings is 1. The number of aromatic nitrogens is 24. The lowest BCUT2D eigenvalue weighted by molar-refractivity contribution is 0.0976. The van der Waals surface area contributed by atoms with Gasteiger partial charge in [-0.2, -0.15) is 40.3 Å². The molecule has 0 saturated carbocycles. The highest BCUT2D eigenvalue weighted by molar-refractivity contribution is 7.15. The minimum absolute atomic E-state index is 0.000379. The molecular weight excluding hydrogens is 1580 g/mol. The number of hydrogen-bond donors (Lipinski definition) is 0. The quantitative estimate of drug-likeness (QED) is 0.0603. The minimum atomic E-state index is -2.66. The van der Waals surface area contributed by atoms with Crippen molar-refractivity contribution in [1.82, 2.24) is 117 Å². The van der Waals surface area contributed by atoms with Gasteiger partial charge in [-0.1, -0.05) is 6.07 Å². The molecule has 35 heteroatoms. The second-order valence-electron chi connectivity index (χ2n) is 31.6. The van der Waals surface area contributed by atoms with E-state index in [4.69, 9.17) is 0 Å². The highest BCUT2D eigenvalue weighted by Gasteiger charge is 2.29. The monoisotopic (exact) mass is 1670 g/mol. The van der Waals surface area contributed by atoms with Gasteiger partial charge in [-0.25, -0.2) is 31.8 Å². The third-order valence-electron chi connectivity index (χ3n) is 22.4. The highest BCUT2D eigenvalue weighted by atomic mass is 32.1. The number of Topliss-reactive ketones (excluding diaryl/α,β-unsaturated/α-hetero) is 4. The molecule has 32 nitrogen and oxygen atoms in total. The van der Waals surface area contributed by atoms with Gasteiger partial charge < -0.3 is 19.6 Å². The van der Waals surface area contributed by atoms with Crippen molar-refractivity contribution < 1.29 is 28.0 Å². The number of fused-ring (bicyclic) bond motifs is 4. The number of anilines is 4. The Labute approximate surface area is 710 Å². The van der Waals surface area contributed by atoms with Crippen molar-refractivity contribution in [2.45, 2.75) is 118 Å². The fourth-order valence-corrected chi connectivity index (χ4v) is 17.2. The van der Waals surface area contributed by atoms with Gasteiger partial charge >= 0.3 is 0 Å². The number of rotatable bonds is 21. The molecular formula is C88H92F2N28O4S. The molecule has 0 aromatic carbocycles. The Morgan fingerprint density at radius 2 is 0.715 bits per heavy atom. The number of nitrogens with zero attached hydrogens (tertiary/aromatic N) is 28. The van der Waals surface area contributed by atoms with Gasteiger partial charge in [-0.05, 0) is 204 Å². The second kappa shape index (κ2) is 35.1. The van der Waals surface area contributed by atoms with Crippen LogP contribution in [0.1, 0.15) is 155 Å². The van der Waals surface area contributed by atoms with E-state index in [-0.39, 0.29) is 54.5 Å². The molecule has 0 unspecified atom stereocenters. The average molecular weight is 1680 g/mol. The van der Waals surface area contributed by atoms with E-state index in [1.54, 1.807) is 98.2 Å². The maximum Gasteiger partial charge on any atom is 0.281 e. The summed E-state index contributed by atoms with van der Waals surface area (Å²) in [6, 6.07) is 29.0. The Morgan fingerprint density at radius 3 is 1.07 bits per heavy atom. The fraction of sp³-hybridized carbons (Fsp3) is 0.341. The summed E-state index contributed by atoms with van der Waals surface area (Å²) in [6.07, 6.45) is 23.4. The van der Waals surface area contributed by atoms with Crippen molar-refractivity contribution in [1.29, 1.82) is 0 Å². The smallest absolute Gasteiger partial charge is 0.281 e. The van der Waals surface area contributed by atoms with Crippen molar-refractivity contribution >= 4 is 80.9 Å². The van der Waals surface area contributed by atoms with E-state index in [1.165, 1.54) is 49.4 Å². The van der Waals surface area contributed by atoms with Crippen LogP contribution in [-0.2, 0) is 53.9 Å². The molecule has 20 rings (SSSR count). The molecule has 0 radical (unpaired) electrons. The van der Waals surface area contributed by atoms with Gasteiger partial charge in [-0.3, -0.25) is 52.9 Å². The molecule has 0 bridgehead atoms. The van der Waals surface area contributed by atoms with Crippen LogP contribution in [0.25, 0.3) is 66.9 Å². The van der Waals surface area contributed by atoms with E-state index in [9.17, 15) is 28.0 Å². The normalized spacial score (nSPS) is 14.0. The van der Waals surface area contributed by atoms with E-state index < -0.39 is 6.43 Å². The number of ketones is 4. The molecule has 4 fully saturated rings. The summed E-state index contributed by atoms with van der Waals surface area (Å²) >= 11 is 1.14. The molecule has 0 amide bonds. The summed E-state index contributed by atoms with van der Waals surface area (Å²) in [6.45, 7) is 17.4. The lowest BCUT2D eigenvalue weighted by Crippen LogP contribution is -2.19. The predicted octanol–water partition coefficient (Wildman–Crippen LogP) is 12.7. The Bertz CT molecular complexity index is 6420. The molecule has 0 N–H and O–H groups in total. The molecule has 628 valence electrons. The number of alkyl halides is 2. The SMILES string of the molecule is Cc1cc(C)nc(-c2cnn(C)c2C(=O)Cc2ccn3nc(N4CCCC4)nc3c2)c1.Cc1cccc(-c2cnn(C)c2C(=O)Cc2ccn3nc(N4CCCC4)nc3c2)n1.Cc1ccnc(-c2cnn(C)c2C(=O)Cc2ccn3nc(N4CCCC4)nc3c2)c1.Cc1sc(-c2cnn(C)c2C(=O)Cc2ccn3nc(N4CCCC4)nc3c2)nc1C(F)F. The van der Waals surface area contributed by atoms with Gasteiger partial charge in [-0.15, -0.1) is 31.7 Å². The molecule has 0 atom stereocenters. The van der Waals surface area contributed by atoms with Crippen LogP contribution in [0.3, 0.4) is 0 Å². The van der Waals surface area contributed by atoms with E-state index in [0.717, 1.165) is 190 Å². The summed E-state index contributed by atoms with van der Waals surface area (Å²) in [5.74, 6) is 2.80. The first-order valence-electron chi connectivity index (χ1n) is 41.3. The molecule has 20 heterocycles. The summed E-state index contributed by atoms with van der Waals surface area (Å²) in [4.78, 5) is 98.3.